The quantitative estimate of drug-likeness (QED) is 0.664. The van der Waals surface area contributed by atoms with Gasteiger partial charge in [-0.05, 0) is 40.5 Å². The van der Waals surface area contributed by atoms with E-state index in [1.54, 1.807) is 6.20 Å². The highest BCUT2D eigenvalue weighted by atomic mass is 79.9. The van der Waals surface area contributed by atoms with E-state index in [0.29, 0.717) is 11.8 Å². The molecule has 4 heteroatoms. The summed E-state index contributed by atoms with van der Waals surface area (Å²) in [5.74, 6) is 0.939. The summed E-state index contributed by atoms with van der Waals surface area (Å²) in [5, 5.41) is 0. The number of aryl methyl sites for hydroxylation is 1. The Hall–Kier alpha value is -0.570. The second-order valence-corrected chi connectivity index (χ2v) is 6.51. The molecule has 0 saturated carbocycles. The van der Waals surface area contributed by atoms with E-state index < -0.39 is 0 Å². The Morgan fingerprint density at radius 1 is 1.05 bits per heavy atom. The normalized spacial score (nSPS) is 11.6. The van der Waals surface area contributed by atoms with Gasteiger partial charge in [-0.3, -0.25) is 4.98 Å². The fourth-order valence-corrected chi connectivity index (χ4v) is 3.17. The van der Waals surface area contributed by atoms with Crippen LogP contribution in [0.1, 0.15) is 16.8 Å². The van der Waals surface area contributed by atoms with Gasteiger partial charge in [-0.1, -0.05) is 29.8 Å². The number of halogens is 3. The van der Waals surface area contributed by atoms with Crippen LogP contribution in [0.4, 0.5) is 0 Å². The largest absolute Gasteiger partial charge is 0.260 e. The first-order valence-electron chi connectivity index (χ1n) is 6.39. The van der Waals surface area contributed by atoms with Gasteiger partial charge in [0.25, 0.3) is 0 Å². The molecule has 0 N–H and O–H groups in total. The molecule has 20 heavy (non-hydrogen) atoms. The number of hydrogen-bond donors (Lipinski definition) is 0. The molecule has 0 aliphatic rings. The number of alkyl halides is 2. The highest BCUT2D eigenvalue weighted by Crippen LogP contribution is 2.31. The maximum absolute atomic E-state index is 6.26. The Morgan fingerprint density at radius 2 is 1.70 bits per heavy atom. The Bertz CT molecular complexity index is 548. The van der Waals surface area contributed by atoms with Gasteiger partial charge in [0.1, 0.15) is 0 Å². The molecule has 0 aliphatic heterocycles. The molecule has 0 atom stereocenters. The lowest BCUT2D eigenvalue weighted by atomic mass is 9.79. The third kappa shape index (κ3) is 3.55. The van der Waals surface area contributed by atoms with Gasteiger partial charge < -0.3 is 0 Å². The smallest absolute Gasteiger partial charge is 0.0414 e. The number of pyridine rings is 1. The van der Waals surface area contributed by atoms with Crippen LogP contribution in [0.25, 0.3) is 0 Å². The molecule has 0 radical (unpaired) electrons. The average molecular weight is 373 g/mol. The van der Waals surface area contributed by atoms with Crippen LogP contribution in [0.5, 0.6) is 0 Å². The second-order valence-electron chi connectivity index (χ2n) is 5.06. The van der Waals surface area contributed by atoms with E-state index >= 15 is 0 Å². The molecule has 106 valence electrons. The zero-order chi connectivity index (χ0) is 14.6. The van der Waals surface area contributed by atoms with E-state index in [1.165, 1.54) is 5.56 Å². The summed E-state index contributed by atoms with van der Waals surface area (Å²) in [6.45, 7) is 2.07. The Kier molecular flexibility index (Phi) is 5.48. The van der Waals surface area contributed by atoms with Gasteiger partial charge in [-0.25, -0.2) is 0 Å². The van der Waals surface area contributed by atoms with Gasteiger partial charge >= 0.3 is 0 Å². The topological polar surface area (TPSA) is 12.9 Å². The lowest BCUT2D eigenvalue weighted by Crippen LogP contribution is -2.33. The van der Waals surface area contributed by atoms with Crippen molar-refractivity contribution in [1.29, 1.82) is 0 Å². The summed E-state index contributed by atoms with van der Waals surface area (Å²) in [4.78, 5) is 4.44. The van der Waals surface area contributed by atoms with E-state index in [0.717, 1.165) is 22.2 Å². The molecule has 1 aromatic carbocycles. The molecule has 1 heterocycles. The van der Waals surface area contributed by atoms with E-state index in [4.69, 9.17) is 23.2 Å². The van der Waals surface area contributed by atoms with E-state index in [-0.39, 0.29) is 5.41 Å². The lowest BCUT2D eigenvalue weighted by molar-refractivity contribution is 0.528. The zero-order valence-electron chi connectivity index (χ0n) is 11.2. The molecule has 0 amide bonds. The molecular weight excluding hydrogens is 357 g/mol. The van der Waals surface area contributed by atoms with Gasteiger partial charge in [0, 0.05) is 40.0 Å². The number of benzene rings is 1. The Labute approximate surface area is 138 Å². The van der Waals surface area contributed by atoms with Crippen molar-refractivity contribution < 1.29 is 0 Å². The highest BCUT2D eigenvalue weighted by Gasteiger charge is 2.31. The van der Waals surface area contributed by atoms with Crippen LogP contribution in [-0.4, -0.2) is 16.7 Å². The van der Waals surface area contributed by atoms with Crippen LogP contribution in [0.3, 0.4) is 0 Å². The summed E-state index contributed by atoms with van der Waals surface area (Å²) in [6, 6.07) is 12.4. The first-order valence-corrected chi connectivity index (χ1v) is 8.25. The molecule has 1 aromatic heterocycles. The van der Waals surface area contributed by atoms with Crippen molar-refractivity contribution in [1.82, 2.24) is 4.98 Å². The van der Waals surface area contributed by atoms with E-state index in [2.05, 4.69) is 52.1 Å². The van der Waals surface area contributed by atoms with Crippen molar-refractivity contribution >= 4 is 39.1 Å². The van der Waals surface area contributed by atoms with Gasteiger partial charge in [-0.2, -0.15) is 0 Å². The van der Waals surface area contributed by atoms with Crippen molar-refractivity contribution in [2.24, 2.45) is 0 Å². The van der Waals surface area contributed by atoms with Gasteiger partial charge in [0.15, 0.2) is 0 Å². The van der Waals surface area contributed by atoms with Gasteiger partial charge in [0.05, 0.1) is 0 Å². The zero-order valence-corrected chi connectivity index (χ0v) is 14.3. The van der Waals surface area contributed by atoms with E-state index in [1.807, 2.05) is 12.1 Å². The molecule has 0 aliphatic carbocycles. The molecule has 2 rings (SSSR count). The summed E-state index contributed by atoms with van der Waals surface area (Å²) in [5.41, 5.74) is 3.11. The summed E-state index contributed by atoms with van der Waals surface area (Å²) < 4.78 is 0.971. The van der Waals surface area contributed by atoms with Crippen molar-refractivity contribution in [3.05, 3.63) is 63.9 Å². The van der Waals surface area contributed by atoms with Crippen molar-refractivity contribution in [3.8, 4) is 0 Å². The molecule has 0 spiro atoms. The molecule has 0 bridgehead atoms. The molecule has 0 fully saturated rings. The van der Waals surface area contributed by atoms with Crippen LogP contribution >= 0.6 is 39.1 Å². The lowest BCUT2D eigenvalue weighted by Gasteiger charge is -2.30. The molecule has 1 nitrogen and oxygen atoms in total. The van der Waals surface area contributed by atoms with E-state index in [9.17, 15) is 0 Å². The van der Waals surface area contributed by atoms with Crippen LogP contribution < -0.4 is 0 Å². The number of rotatable bonds is 5. The molecule has 0 saturated heterocycles. The standard InChI is InChI=1S/C16H16BrCl2N/c1-12-2-4-13(5-3-12)16(10-18,11-19)8-15-7-6-14(17)9-20-15/h2-7,9H,8,10-11H2,1H3. The molecule has 2 aromatic rings. The average Bonchev–Trinajstić information content (AvgIpc) is 2.48. The first-order chi connectivity index (χ1) is 9.59. The summed E-state index contributed by atoms with van der Waals surface area (Å²) >= 11 is 15.9. The minimum atomic E-state index is -0.280. The number of hydrogen-bond acceptors (Lipinski definition) is 1. The maximum atomic E-state index is 6.26. The predicted octanol–water partition coefficient (Wildman–Crippen LogP) is 5.11. The van der Waals surface area contributed by atoms with Crippen LogP contribution in [0.15, 0.2) is 47.1 Å². The minimum absolute atomic E-state index is 0.280. The fourth-order valence-electron chi connectivity index (χ4n) is 2.15. The SMILES string of the molecule is Cc1ccc(C(CCl)(CCl)Cc2ccc(Br)cn2)cc1. The fraction of sp³-hybridized carbons (Fsp3) is 0.312. The van der Waals surface area contributed by atoms with Crippen molar-refractivity contribution in [2.45, 2.75) is 18.8 Å². The monoisotopic (exact) mass is 371 g/mol. The third-order valence-corrected chi connectivity index (χ3v) is 4.98. The van der Waals surface area contributed by atoms with Crippen molar-refractivity contribution in [2.75, 3.05) is 11.8 Å². The number of aromatic nitrogens is 1. The third-order valence-electron chi connectivity index (χ3n) is 3.48. The van der Waals surface area contributed by atoms with Gasteiger partial charge in [-0.15, -0.1) is 23.2 Å². The highest BCUT2D eigenvalue weighted by molar-refractivity contribution is 9.10. The second kappa shape index (κ2) is 6.93. The first kappa shape index (κ1) is 15.8. The molecule has 0 unspecified atom stereocenters. The van der Waals surface area contributed by atoms with Crippen LogP contribution in [-0.2, 0) is 11.8 Å². The Morgan fingerprint density at radius 3 is 2.20 bits per heavy atom. The van der Waals surface area contributed by atoms with Crippen molar-refractivity contribution in [3.63, 3.8) is 0 Å². The summed E-state index contributed by atoms with van der Waals surface area (Å²) in [6.07, 6.45) is 2.54. The minimum Gasteiger partial charge on any atom is -0.260 e. The Balaban J connectivity index is 2.33. The summed E-state index contributed by atoms with van der Waals surface area (Å²) in [7, 11) is 0. The molecular formula is C16H16BrCl2N. The van der Waals surface area contributed by atoms with Crippen LogP contribution in [0, 0.1) is 6.92 Å². The van der Waals surface area contributed by atoms with Gasteiger partial charge in [0.2, 0.25) is 0 Å². The number of nitrogens with zero attached hydrogens (tertiary/aromatic N) is 1. The maximum Gasteiger partial charge on any atom is 0.0414 e. The van der Waals surface area contributed by atoms with Crippen LogP contribution in [0.2, 0.25) is 0 Å². The predicted molar refractivity (Wildman–Crippen MR) is 89.9 cm³/mol.